The Morgan fingerprint density at radius 3 is 2.78 bits per heavy atom. The average molecular weight is 382 g/mol. The number of anilines is 2. The summed E-state index contributed by atoms with van der Waals surface area (Å²) in [5.74, 6) is 1.05. The van der Waals surface area contributed by atoms with Crippen molar-refractivity contribution in [1.29, 1.82) is 0 Å². The number of nitrogens with one attached hydrogen (secondary N) is 1. The molecule has 1 aromatic carbocycles. The van der Waals surface area contributed by atoms with Crippen LogP contribution in [0.4, 0.5) is 11.5 Å². The molecule has 0 bridgehead atoms. The van der Waals surface area contributed by atoms with Crippen molar-refractivity contribution in [2.24, 2.45) is 0 Å². The molecule has 0 spiro atoms. The van der Waals surface area contributed by atoms with E-state index in [-0.39, 0.29) is 5.91 Å². The van der Waals surface area contributed by atoms with E-state index in [1.807, 2.05) is 18.2 Å². The highest BCUT2D eigenvalue weighted by Gasteiger charge is 2.21. The van der Waals surface area contributed by atoms with Gasteiger partial charge < -0.3 is 10.2 Å². The highest BCUT2D eigenvalue weighted by atomic mass is 32.1. The van der Waals surface area contributed by atoms with E-state index in [9.17, 15) is 4.79 Å². The van der Waals surface area contributed by atoms with Crippen molar-refractivity contribution in [3.05, 3.63) is 47.6 Å². The van der Waals surface area contributed by atoms with Crippen molar-refractivity contribution in [3.63, 3.8) is 0 Å². The molecule has 140 valence electrons. The summed E-state index contributed by atoms with van der Waals surface area (Å²) in [5.41, 5.74) is 2.09. The van der Waals surface area contributed by atoms with Crippen LogP contribution in [0.15, 0.2) is 42.0 Å². The maximum atomic E-state index is 12.5. The van der Waals surface area contributed by atoms with Crippen molar-refractivity contribution < 1.29 is 4.79 Å². The highest BCUT2D eigenvalue weighted by Crippen LogP contribution is 2.27. The number of amides is 1. The monoisotopic (exact) mass is 381 g/mol. The number of fused-ring (bicyclic) bond motifs is 1. The van der Waals surface area contributed by atoms with Gasteiger partial charge in [-0.3, -0.25) is 9.69 Å². The quantitative estimate of drug-likeness (QED) is 0.736. The molecule has 1 N–H and O–H groups in total. The lowest BCUT2D eigenvalue weighted by molar-refractivity contribution is -0.117. The number of thiophene rings is 1. The van der Waals surface area contributed by atoms with Crippen LogP contribution in [-0.4, -0.2) is 53.5 Å². The van der Waals surface area contributed by atoms with Gasteiger partial charge in [0.15, 0.2) is 0 Å². The first kappa shape index (κ1) is 17.9. The SMILES string of the molecule is CCc1ccccc1NC(=O)CN1CCN(c2ncnc3sccc23)CC1. The first-order valence-electron chi connectivity index (χ1n) is 9.28. The van der Waals surface area contributed by atoms with E-state index >= 15 is 0 Å². The zero-order valence-electron chi connectivity index (χ0n) is 15.4. The molecule has 1 amide bonds. The van der Waals surface area contributed by atoms with Crippen LogP contribution in [0.5, 0.6) is 0 Å². The van der Waals surface area contributed by atoms with Gasteiger partial charge >= 0.3 is 0 Å². The van der Waals surface area contributed by atoms with Gasteiger partial charge in [-0.05, 0) is 29.5 Å². The van der Waals surface area contributed by atoms with Crippen molar-refractivity contribution in [1.82, 2.24) is 14.9 Å². The molecule has 0 saturated carbocycles. The standard InChI is InChI=1S/C20H23N5OS/c1-2-15-5-3-4-6-17(15)23-18(26)13-24-8-10-25(11-9-24)19-16-7-12-27-20(16)22-14-21-19/h3-7,12,14H,2,8-11,13H2,1H3,(H,23,26). The molecule has 1 aliphatic rings. The summed E-state index contributed by atoms with van der Waals surface area (Å²) in [6.07, 6.45) is 2.55. The fourth-order valence-corrected chi connectivity index (χ4v) is 4.22. The zero-order valence-corrected chi connectivity index (χ0v) is 16.2. The second-order valence-corrected chi connectivity index (χ2v) is 7.55. The van der Waals surface area contributed by atoms with Crippen molar-refractivity contribution in [3.8, 4) is 0 Å². The maximum Gasteiger partial charge on any atom is 0.238 e. The number of carbonyl (C=O) groups excluding carboxylic acids is 1. The summed E-state index contributed by atoms with van der Waals surface area (Å²) in [7, 11) is 0. The van der Waals surface area contributed by atoms with Crippen LogP contribution < -0.4 is 10.2 Å². The highest BCUT2D eigenvalue weighted by molar-refractivity contribution is 7.16. The molecular weight excluding hydrogens is 358 g/mol. The number of para-hydroxylation sites is 1. The Morgan fingerprint density at radius 1 is 1.15 bits per heavy atom. The van der Waals surface area contributed by atoms with Gasteiger partial charge in [0.25, 0.3) is 0 Å². The number of hydrogen-bond acceptors (Lipinski definition) is 6. The van der Waals surface area contributed by atoms with Crippen LogP contribution >= 0.6 is 11.3 Å². The molecular formula is C20H23N5OS. The lowest BCUT2D eigenvalue weighted by Gasteiger charge is -2.35. The molecule has 2 aromatic heterocycles. The van der Waals surface area contributed by atoms with Crippen molar-refractivity contribution in [2.75, 3.05) is 42.9 Å². The van der Waals surface area contributed by atoms with Crippen LogP contribution in [0.2, 0.25) is 0 Å². The van der Waals surface area contributed by atoms with E-state index < -0.39 is 0 Å². The van der Waals surface area contributed by atoms with Crippen molar-refractivity contribution >= 4 is 39.0 Å². The zero-order chi connectivity index (χ0) is 18.6. The van der Waals surface area contributed by atoms with Crippen molar-refractivity contribution in [2.45, 2.75) is 13.3 Å². The summed E-state index contributed by atoms with van der Waals surface area (Å²) < 4.78 is 0. The van der Waals surface area contributed by atoms with Gasteiger partial charge in [-0.25, -0.2) is 9.97 Å². The molecule has 0 aliphatic carbocycles. The Balaban J connectivity index is 1.34. The second-order valence-electron chi connectivity index (χ2n) is 6.66. The minimum atomic E-state index is 0.0478. The summed E-state index contributed by atoms with van der Waals surface area (Å²) in [6, 6.07) is 10.1. The molecule has 1 saturated heterocycles. The van der Waals surface area contributed by atoms with E-state index in [4.69, 9.17) is 0 Å². The largest absolute Gasteiger partial charge is 0.353 e. The van der Waals surface area contributed by atoms with Gasteiger partial charge in [0.2, 0.25) is 5.91 Å². The average Bonchev–Trinajstić information content (AvgIpc) is 3.18. The number of hydrogen-bond donors (Lipinski definition) is 1. The van der Waals surface area contributed by atoms with Gasteiger partial charge in [0.1, 0.15) is 17.0 Å². The fraction of sp³-hybridized carbons (Fsp3) is 0.350. The number of rotatable bonds is 5. The van der Waals surface area contributed by atoms with Gasteiger partial charge in [-0.15, -0.1) is 11.3 Å². The Labute approximate surface area is 162 Å². The van der Waals surface area contributed by atoms with Gasteiger partial charge in [-0.2, -0.15) is 0 Å². The van der Waals surface area contributed by atoms with E-state index in [1.165, 1.54) is 5.56 Å². The van der Waals surface area contributed by atoms with E-state index in [2.05, 4.69) is 49.5 Å². The molecule has 27 heavy (non-hydrogen) atoms. The molecule has 0 atom stereocenters. The number of piperazine rings is 1. The summed E-state index contributed by atoms with van der Waals surface area (Å²) in [5, 5.41) is 6.23. The van der Waals surface area contributed by atoms with Crippen LogP contribution in [0.3, 0.4) is 0 Å². The molecule has 1 aliphatic heterocycles. The first-order valence-corrected chi connectivity index (χ1v) is 10.2. The topological polar surface area (TPSA) is 61.4 Å². The predicted octanol–water partition coefficient (Wildman–Crippen LogP) is 3.01. The summed E-state index contributed by atoms with van der Waals surface area (Å²) >= 11 is 1.64. The predicted molar refractivity (Wildman–Crippen MR) is 111 cm³/mol. The Morgan fingerprint density at radius 2 is 1.96 bits per heavy atom. The molecule has 1 fully saturated rings. The Hall–Kier alpha value is -2.51. The first-order chi connectivity index (χ1) is 13.2. The molecule has 0 radical (unpaired) electrons. The minimum Gasteiger partial charge on any atom is -0.353 e. The summed E-state index contributed by atoms with van der Waals surface area (Å²) in [6.45, 7) is 5.93. The van der Waals surface area contributed by atoms with Gasteiger partial charge in [-0.1, -0.05) is 25.1 Å². The lowest BCUT2D eigenvalue weighted by atomic mass is 10.1. The number of carbonyl (C=O) groups is 1. The number of benzene rings is 1. The van der Waals surface area contributed by atoms with Crippen LogP contribution in [0.25, 0.3) is 10.2 Å². The van der Waals surface area contributed by atoms with Gasteiger partial charge in [0, 0.05) is 31.9 Å². The van der Waals surface area contributed by atoms with Crippen LogP contribution in [0.1, 0.15) is 12.5 Å². The molecule has 7 heteroatoms. The molecule has 0 unspecified atom stereocenters. The number of nitrogens with zero attached hydrogens (tertiary/aromatic N) is 4. The normalized spacial score (nSPS) is 15.2. The maximum absolute atomic E-state index is 12.5. The summed E-state index contributed by atoms with van der Waals surface area (Å²) in [4.78, 5) is 26.8. The van der Waals surface area contributed by atoms with E-state index in [0.29, 0.717) is 6.54 Å². The third kappa shape index (κ3) is 3.94. The number of aromatic nitrogens is 2. The molecule has 3 aromatic rings. The van der Waals surface area contributed by atoms with Crippen LogP contribution in [-0.2, 0) is 11.2 Å². The lowest BCUT2D eigenvalue weighted by Crippen LogP contribution is -2.49. The fourth-order valence-electron chi connectivity index (χ4n) is 3.49. The molecule has 4 rings (SSSR count). The third-order valence-electron chi connectivity index (χ3n) is 4.95. The molecule has 6 nitrogen and oxygen atoms in total. The minimum absolute atomic E-state index is 0.0478. The second kappa shape index (κ2) is 8.02. The Kier molecular flexibility index (Phi) is 5.31. The smallest absolute Gasteiger partial charge is 0.238 e. The molecule has 3 heterocycles. The van der Waals surface area contributed by atoms with E-state index in [1.54, 1.807) is 17.7 Å². The van der Waals surface area contributed by atoms with E-state index in [0.717, 1.165) is 54.3 Å². The Bertz CT molecular complexity index is 933. The number of aryl methyl sites for hydroxylation is 1. The third-order valence-corrected chi connectivity index (χ3v) is 5.77. The van der Waals surface area contributed by atoms with Crippen LogP contribution in [0, 0.1) is 0 Å². The van der Waals surface area contributed by atoms with Gasteiger partial charge in [0.05, 0.1) is 11.9 Å².